The smallest absolute Gasteiger partial charge is 0.234 e. The molecule has 0 spiro atoms. The summed E-state index contributed by atoms with van der Waals surface area (Å²) in [6.07, 6.45) is 0. The lowest BCUT2D eigenvalue weighted by atomic mass is 10.1. The van der Waals surface area contributed by atoms with Gasteiger partial charge in [0.05, 0.1) is 13.7 Å². The number of ether oxygens (including phenoxy) is 1. The fraction of sp³-hybridized carbons (Fsp3) is 0.208. The van der Waals surface area contributed by atoms with Crippen LogP contribution in [0.2, 0.25) is 0 Å². The van der Waals surface area contributed by atoms with Gasteiger partial charge in [0.25, 0.3) is 0 Å². The predicted molar refractivity (Wildman–Crippen MR) is 112 cm³/mol. The normalized spacial score (nSPS) is 10.6. The van der Waals surface area contributed by atoms with Crippen LogP contribution in [0.15, 0.2) is 84.9 Å². The number of nitrogens with one attached hydrogen (secondary N) is 1. The third-order valence-electron chi connectivity index (χ3n) is 4.51. The summed E-state index contributed by atoms with van der Waals surface area (Å²) < 4.78 is 5.17. The molecule has 0 aliphatic rings. The zero-order valence-corrected chi connectivity index (χ0v) is 16.2. The molecule has 0 bridgehead atoms. The van der Waals surface area contributed by atoms with E-state index in [1.807, 2.05) is 60.7 Å². The number of rotatable bonds is 9. The van der Waals surface area contributed by atoms with Crippen molar-refractivity contribution in [3.8, 4) is 5.75 Å². The van der Waals surface area contributed by atoms with E-state index in [0.29, 0.717) is 13.1 Å². The van der Waals surface area contributed by atoms with Crippen molar-refractivity contribution in [3.05, 3.63) is 102 Å². The van der Waals surface area contributed by atoms with Crippen LogP contribution in [-0.2, 0) is 24.4 Å². The maximum atomic E-state index is 12.6. The van der Waals surface area contributed by atoms with E-state index in [0.717, 1.165) is 24.4 Å². The molecule has 4 heteroatoms. The summed E-state index contributed by atoms with van der Waals surface area (Å²) in [5.74, 6) is 0.828. The number of amides is 1. The molecule has 28 heavy (non-hydrogen) atoms. The average Bonchev–Trinajstić information content (AvgIpc) is 2.74. The molecule has 0 aliphatic carbocycles. The molecule has 1 amide bonds. The molecule has 3 rings (SSSR count). The molecular weight excluding hydrogens is 348 g/mol. The summed E-state index contributed by atoms with van der Waals surface area (Å²) in [5.41, 5.74) is 3.44. The van der Waals surface area contributed by atoms with Gasteiger partial charge >= 0.3 is 0 Å². The Morgan fingerprint density at radius 2 is 1.32 bits per heavy atom. The lowest BCUT2D eigenvalue weighted by molar-refractivity contribution is -0.122. The van der Waals surface area contributed by atoms with Crippen molar-refractivity contribution in [3.63, 3.8) is 0 Å². The SMILES string of the molecule is COc1ccc(CNC(=O)CN(Cc2ccccc2)Cc2ccccc2)cc1. The first-order chi connectivity index (χ1) is 13.7. The summed E-state index contributed by atoms with van der Waals surface area (Å²) >= 11 is 0. The highest BCUT2D eigenvalue weighted by Gasteiger charge is 2.12. The third kappa shape index (κ3) is 6.25. The van der Waals surface area contributed by atoms with E-state index in [2.05, 4.69) is 34.5 Å². The lowest BCUT2D eigenvalue weighted by Gasteiger charge is -2.22. The molecular formula is C24H26N2O2. The van der Waals surface area contributed by atoms with Crippen LogP contribution in [0.3, 0.4) is 0 Å². The number of nitrogens with zero attached hydrogens (tertiary/aromatic N) is 1. The maximum absolute atomic E-state index is 12.6. The van der Waals surface area contributed by atoms with Crippen LogP contribution in [0, 0.1) is 0 Å². The second kappa shape index (κ2) is 10.3. The van der Waals surface area contributed by atoms with E-state index in [4.69, 9.17) is 4.74 Å². The van der Waals surface area contributed by atoms with Crippen molar-refractivity contribution < 1.29 is 9.53 Å². The quantitative estimate of drug-likeness (QED) is 0.615. The fourth-order valence-corrected chi connectivity index (χ4v) is 3.05. The van der Waals surface area contributed by atoms with Gasteiger partial charge in [0, 0.05) is 19.6 Å². The zero-order valence-electron chi connectivity index (χ0n) is 16.2. The molecule has 0 atom stereocenters. The molecule has 0 radical (unpaired) electrons. The Kier molecular flexibility index (Phi) is 7.21. The lowest BCUT2D eigenvalue weighted by Crippen LogP contribution is -2.36. The second-order valence-corrected chi connectivity index (χ2v) is 6.74. The Labute approximate surface area is 166 Å². The highest BCUT2D eigenvalue weighted by Crippen LogP contribution is 2.12. The summed E-state index contributed by atoms with van der Waals surface area (Å²) in [7, 11) is 1.64. The molecule has 0 aliphatic heterocycles. The monoisotopic (exact) mass is 374 g/mol. The molecule has 0 aromatic heterocycles. The van der Waals surface area contributed by atoms with Gasteiger partial charge in [0.15, 0.2) is 0 Å². The summed E-state index contributed by atoms with van der Waals surface area (Å²) in [4.78, 5) is 14.7. The topological polar surface area (TPSA) is 41.6 Å². The molecule has 0 saturated carbocycles. The Balaban J connectivity index is 1.59. The first-order valence-electron chi connectivity index (χ1n) is 9.43. The van der Waals surface area contributed by atoms with Crippen LogP contribution in [0.1, 0.15) is 16.7 Å². The zero-order chi connectivity index (χ0) is 19.6. The van der Waals surface area contributed by atoms with E-state index in [1.54, 1.807) is 7.11 Å². The Morgan fingerprint density at radius 3 is 1.82 bits per heavy atom. The highest BCUT2D eigenvalue weighted by molar-refractivity contribution is 5.78. The maximum Gasteiger partial charge on any atom is 0.234 e. The Bertz CT molecular complexity index is 807. The summed E-state index contributed by atoms with van der Waals surface area (Å²) in [5, 5.41) is 3.02. The molecule has 4 nitrogen and oxygen atoms in total. The van der Waals surface area contributed by atoms with Gasteiger partial charge in [-0.15, -0.1) is 0 Å². The molecule has 3 aromatic carbocycles. The largest absolute Gasteiger partial charge is 0.497 e. The van der Waals surface area contributed by atoms with Gasteiger partial charge in [-0.2, -0.15) is 0 Å². The van der Waals surface area contributed by atoms with Gasteiger partial charge in [-0.25, -0.2) is 0 Å². The minimum absolute atomic E-state index is 0.0164. The molecule has 0 unspecified atom stereocenters. The van der Waals surface area contributed by atoms with Crippen LogP contribution in [0.5, 0.6) is 5.75 Å². The van der Waals surface area contributed by atoms with Crippen molar-refractivity contribution in [2.75, 3.05) is 13.7 Å². The van der Waals surface area contributed by atoms with Crippen LogP contribution < -0.4 is 10.1 Å². The van der Waals surface area contributed by atoms with Gasteiger partial charge in [0.1, 0.15) is 5.75 Å². The molecule has 0 fully saturated rings. The summed E-state index contributed by atoms with van der Waals surface area (Å²) in [6, 6.07) is 28.2. The van der Waals surface area contributed by atoms with Crippen molar-refractivity contribution in [2.45, 2.75) is 19.6 Å². The first kappa shape index (κ1) is 19.6. The number of methoxy groups -OCH3 is 1. The van der Waals surface area contributed by atoms with Gasteiger partial charge in [-0.05, 0) is 28.8 Å². The van der Waals surface area contributed by atoms with Crippen LogP contribution in [-0.4, -0.2) is 24.5 Å². The predicted octanol–water partition coefficient (Wildman–Crippen LogP) is 4.01. The van der Waals surface area contributed by atoms with Crippen LogP contribution >= 0.6 is 0 Å². The minimum Gasteiger partial charge on any atom is -0.497 e. The molecule has 144 valence electrons. The standard InChI is InChI=1S/C24H26N2O2/c1-28-23-14-12-20(13-15-23)16-25-24(27)19-26(17-21-8-4-2-5-9-21)18-22-10-6-3-7-11-22/h2-15H,16-19H2,1H3,(H,25,27). The fourth-order valence-electron chi connectivity index (χ4n) is 3.05. The van der Waals surface area contributed by atoms with E-state index < -0.39 is 0 Å². The van der Waals surface area contributed by atoms with Gasteiger partial charge in [-0.3, -0.25) is 9.69 Å². The molecule has 0 heterocycles. The van der Waals surface area contributed by atoms with Crippen molar-refractivity contribution in [1.29, 1.82) is 0 Å². The highest BCUT2D eigenvalue weighted by atomic mass is 16.5. The minimum atomic E-state index is 0.0164. The number of benzene rings is 3. The van der Waals surface area contributed by atoms with Crippen molar-refractivity contribution in [2.24, 2.45) is 0 Å². The molecule has 0 saturated heterocycles. The van der Waals surface area contributed by atoms with E-state index >= 15 is 0 Å². The van der Waals surface area contributed by atoms with E-state index in [1.165, 1.54) is 11.1 Å². The van der Waals surface area contributed by atoms with Gasteiger partial charge in [0.2, 0.25) is 5.91 Å². The Hall–Kier alpha value is -3.11. The first-order valence-corrected chi connectivity index (χ1v) is 9.43. The Morgan fingerprint density at radius 1 is 0.786 bits per heavy atom. The van der Waals surface area contributed by atoms with Crippen LogP contribution in [0.4, 0.5) is 0 Å². The van der Waals surface area contributed by atoms with E-state index in [9.17, 15) is 4.79 Å². The molecule has 3 aromatic rings. The third-order valence-corrected chi connectivity index (χ3v) is 4.51. The molecule has 1 N–H and O–H groups in total. The van der Waals surface area contributed by atoms with Crippen molar-refractivity contribution in [1.82, 2.24) is 10.2 Å². The second-order valence-electron chi connectivity index (χ2n) is 6.74. The van der Waals surface area contributed by atoms with Crippen molar-refractivity contribution >= 4 is 5.91 Å². The van der Waals surface area contributed by atoms with Gasteiger partial charge < -0.3 is 10.1 Å². The van der Waals surface area contributed by atoms with E-state index in [-0.39, 0.29) is 5.91 Å². The average molecular weight is 374 g/mol. The van der Waals surface area contributed by atoms with Crippen LogP contribution in [0.25, 0.3) is 0 Å². The number of carbonyl (C=O) groups excluding carboxylic acids is 1. The number of carbonyl (C=O) groups is 1. The summed E-state index contributed by atoms with van der Waals surface area (Å²) in [6.45, 7) is 2.31. The number of hydrogen-bond acceptors (Lipinski definition) is 3. The number of hydrogen-bond donors (Lipinski definition) is 1. The van der Waals surface area contributed by atoms with Gasteiger partial charge in [-0.1, -0.05) is 72.8 Å².